The minimum Gasteiger partial charge on any atom is -0.480 e. The molecule has 1 atom stereocenters. The molecule has 1 saturated heterocycles. The zero-order chi connectivity index (χ0) is 13.3. The normalized spacial score (nSPS) is 19.3. The van der Waals surface area contributed by atoms with Crippen LogP contribution < -0.4 is 0 Å². The molecule has 1 aliphatic rings. The summed E-state index contributed by atoms with van der Waals surface area (Å²) in [6, 6.07) is 3.33. The number of carbonyl (C=O) groups is 2. The van der Waals surface area contributed by atoms with Crippen LogP contribution in [0.15, 0.2) is 22.7 Å². The molecule has 1 aromatic carbocycles. The maximum absolute atomic E-state index is 13.1. The van der Waals surface area contributed by atoms with Crippen molar-refractivity contribution >= 4 is 27.8 Å². The molecule has 0 spiro atoms. The number of rotatable bonds is 3. The third-order valence-corrected chi connectivity index (χ3v) is 3.74. The Morgan fingerprint density at radius 3 is 2.94 bits per heavy atom. The summed E-state index contributed by atoms with van der Waals surface area (Å²) in [6.07, 6.45) is 0.533. The third kappa shape index (κ3) is 2.53. The minimum absolute atomic E-state index is 0.105. The van der Waals surface area contributed by atoms with E-state index in [0.29, 0.717) is 16.5 Å². The Labute approximate surface area is 112 Å². The number of benzene rings is 1. The van der Waals surface area contributed by atoms with E-state index in [1.807, 2.05) is 0 Å². The van der Waals surface area contributed by atoms with Crippen molar-refractivity contribution in [1.82, 2.24) is 4.90 Å². The fourth-order valence-corrected chi connectivity index (χ4v) is 2.41. The first-order chi connectivity index (χ1) is 8.49. The summed E-state index contributed by atoms with van der Waals surface area (Å²) in [5, 5.41) is 9.02. The summed E-state index contributed by atoms with van der Waals surface area (Å²) in [7, 11) is 0. The lowest BCUT2D eigenvalue weighted by molar-refractivity contribution is -0.146. The van der Waals surface area contributed by atoms with E-state index in [1.165, 1.54) is 17.0 Å². The van der Waals surface area contributed by atoms with Gasteiger partial charge in [0.2, 0.25) is 5.91 Å². The highest BCUT2D eigenvalue weighted by Crippen LogP contribution is 2.25. The lowest BCUT2D eigenvalue weighted by Gasteiger charge is -2.22. The van der Waals surface area contributed by atoms with Crippen LogP contribution in [0.5, 0.6) is 0 Å². The van der Waals surface area contributed by atoms with E-state index in [-0.39, 0.29) is 18.9 Å². The summed E-state index contributed by atoms with van der Waals surface area (Å²) in [5.74, 6) is -1.64. The summed E-state index contributed by atoms with van der Waals surface area (Å²) >= 11 is 3.26. The topological polar surface area (TPSA) is 57.6 Å². The summed E-state index contributed by atoms with van der Waals surface area (Å²) in [5.41, 5.74) is 0.566. The highest BCUT2D eigenvalue weighted by atomic mass is 79.9. The van der Waals surface area contributed by atoms with Crippen molar-refractivity contribution in [3.8, 4) is 0 Å². The molecule has 0 bridgehead atoms. The number of hydrogen-bond donors (Lipinski definition) is 1. The van der Waals surface area contributed by atoms with Crippen LogP contribution in [0.1, 0.15) is 18.4 Å². The summed E-state index contributed by atoms with van der Waals surface area (Å²) in [6.45, 7) is 0.105. The van der Waals surface area contributed by atoms with E-state index in [0.717, 1.165) is 0 Å². The van der Waals surface area contributed by atoms with E-state index in [2.05, 4.69) is 15.9 Å². The predicted molar refractivity (Wildman–Crippen MR) is 65.3 cm³/mol. The van der Waals surface area contributed by atoms with Crippen LogP contribution in [-0.4, -0.2) is 27.9 Å². The number of carboxylic acids is 1. The second-order valence-corrected chi connectivity index (χ2v) is 5.00. The number of halogens is 2. The fraction of sp³-hybridized carbons (Fsp3) is 0.333. The molecule has 6 heteroatoms. The van der Waals surface area contributed by atoms with Crippen molar-refractivity contribution in [3.63, 3.8) is 0 Å². The molecule has 0 aliphatic carbocycles. The molecule has 1 aliphatic heterocycles. The first-order valence-electron chi connectivity index (χ1n) is 5.45. The molecule has 0 saturated carbocycles. The first-order valence-corrected chi connectivity index (χ1v) is 6.24. The fourth-order valence-electron chi connectivity index (χ4n) is 2.04. The maximum atomic E-state index is 13.1. The van der Waals surface area contributed by atoms with Gasteiger partial charge < -0.3 is 10.0 Å². The second-order valence-electron chi connectivity index (χ2n) is 4.15. The highest BCUT2D eigenvalue weighted by molar-refractivity contribution is 9.10. The Morgan fingerprint density at radius 2 is 2.28 bits per heavy atom. The summed E-state index contributed by atoms with van der Waals surface area (Å²) < 4.78 is 13.8. The lowest BCUT2D eigenvalue weighted by Crippen LogP contribution is -2.38. The highest BCUT2D eigenvalue weighted by Gasteiger charge is 2.36. The maximum Gasteiger partial charge on any atom is 0.326 e. The third-order valence-electron chi connectivity index (χ3n) is 2.96. The second kappa shape index (κ2) is 5.06. The standard InChI is InChI=1S/C12H11BrFNO3/c13-9-2-1-8(14)5-7(9)6-15-10(12(17)18)3-4-11(15)16/h1-2,5,10H,3-4,6H2,(H,17,18). The van der Waals surface area contributed by atoms with Gasteiger partial charge >= 0.3 is 5.97 Å². The van der Waals surface area contributed by atoms with Gasteiger partial charge in [0.25, 0.3) is 0 Å². The number of likely N-dealkylation sites (tertiary alicyclic amines) is 1. The van der Waals surface area contributed by atoms with Crippen molar-refractivity contribution in [3.05, 3.63) is 34.1 Å². The van der Waals surface area contributed by atoms with Crippen molar-refractivity contribution < 1.29 is 19.1 Å². The molecule has 1 fully saturated rings. The number of carbonyl (C=O) groups excluding carboxylic acids is 1. The molecule has 4 nitrogen and oxygen atoms in total. The number of hydrogen-bond acceptors (Lipinski definition) is 2. The minimum atomic E-state index is -1.02. The van der Waals surface area contributed by atoms with Crippen LogP contribution >= 0.6 is 15.9 Å². The molecular weight excluding hydrogens is 305 g/mol. The molecule has 1 unspecified atom stereocenters. The lowest BCUT2D eigenvalue weighted by atomic mass is 10.2. The Morgan fingerprint density at radius 1 is 1.56 bits per heavy atom. The Balaban J connectivity index is 2.24. The van der Waals surface area contributed by atoms with Crippen molar-refractivity contribution in [1.29, 1.82) is 0 Å². The SMILES string of the molecule is O=C(O)C1CCC(=O)N1Cc1cc(F)ccc1Br. The van der Waals surface area contributed by atoms with Gasteiger partial charge in [-0.1, -0.05) is 15.9 Å². The molecule has 0 radical (unpaired) electrons. The summed E-state index contributed by atoms with van der Waals surface area (Å²) in [4.78, 5) is 23.9. The molecule has 96 valence electrons. The van der Waals surface area contributed by atoms with Crippen LogP contribution in [0.4, 0.5) is 4.39 Å². The van der Waals surface area contributed by atoms with Crippen LogP contribution in [0.3, 0.4) is 0 Å². The zero-order valence-corrected chi connectivity index (χ0v) is 11.0. The molecule has 1 heterocycles. The van der Waals surface area contributed by atoms with E-state index in [9.17, 15) is 14.0 Å². The van der Waals surface area contributed by atoms with Gasteiger partial charge in [-0.3, -0.25) is 4.79 Å². The van der Waals surface area contributed by atoms with Gasteiger partial charge in [-0.05, 0) is 30.2 Å². The monoisotopic (exact) mass is 315 g/mol. The molecule has 0 aromatic heterocycles. The molecular formula is C12H11BrFNO3. The molecule has 1 aromatic rings. The molecule has 1 amide bonds. The molecule has 18 heavy (non-hydrogen) atoms. The number of amides is 1. The number of carboxylic acid groups (broad SMARTS) is 1. The van der Waals surface area contributed by atoms with Gasteiger partial charge in [0.15, 0.2) is 0 Å². The van der Waals surface area contributed by atoms with Crippen LogP contribution in [-0.2, 0) is 16.1 Å². The number of aliphatic carboxylic acids is 1. The quantitative estimate of drug-likeness (QED) is 0.930. The van der Waals surface area contributed by atoms with E-state index in [1.54, 1.807) is 6.07 Å². The smallest absolute Gasteiger partial charge is 0.326 e. The average Bonchev–Trinajstić information content (AvgIpc) is 2.66. The van der Waals surface area contributed by atoms with Gasteiger partial charge in [-0.15, -0.1) is 0 Å². The van der Waals surface area contributed by atoms with Crippen molar-refractivity contribution in [2.24, 2.45) is 0 Å². The van der Waals surface area contributed by atoms with E-state index in [4.69, 9.17) is 5.11 Å². The van der Waals surface area contributed by atoms with Gasteiger partial charge in [0.05, 0.1) is 0 Å². The largest absolute Gasteiger partial charge is 0.480 e. The molecule has 2 rings (SSSR count). The Hall–Kier alpha value is -1.43. The van der Waals surface area contributed by atoms with Crippen LogP contribution in [0, 0.1) is 5.82 Å². The van der Waals surface area contributed by atoms with Gasteiger partial charge in [-0.2, -0.15) is 0 Å². The van der Waals surface area contributed by atoms with Crippen molar-refractivity contribution in [2.45, 2.75) is 25.4 Å². The van der Waals surface area contributed by atoms with E-state index >= 15 is 0 Å². The number of nitrogens with zero attached hydrogens (tertiary/aromatic N) is 1. The van der Waals surface area contributed by atoms with Crippen LogP contribution in [0.25, 0.3) is 0 Å². The first kappa shape index (κ1) is 13.0. The Kier molecular flexibility index (Phi) is 3.65. The van der Waals surface area contributed by atoms with Gasteiger partial charge in [-0.25, -0.2) is 9.18 Å². The Bertz CT molecular complexity index is 506. The van der Waals surface area contributed by atoms with Gasteiger partial charge in [0.1, 0.15) is 11.9 Å². The van der Waals surface area contributed by atoms with Gasteiger partial charge in [0, 0.05) is 17.4 Å². The van der Waals surface area contributed by atoms with Crippen molar-refractivity contribution in [2.75, 3.05) is 0 Å². The van der Waals surface area contributed by atoms with E-state index < -0.39 is 17.8 Å². The zero-order valence-electron chi connectivity index (χ0n) is 9.40. The molecule has 1 N–H and O–H groups in total. The van der Waals surface area contributed by atoms with Crippen LogP contribution in [0.2, 0.25) is 0 Å². The predicted octanol–water partition coefficient (Wildman–Crippen LogP) is 2.16. The average molecular weight is 316 g/mol.